The highest BCUT2D eigenvalue weighted by Crippen LogP contribution is 2.35. The van der Waals surface area contributed by atoms with Crippen molar-refractivity contribution >= 4 is 27.8 Å². The molecule has 214 valence electrons. The summed E-state index contributed by atoms with van der Waals surface area (Å²) in [5.41, 5.74) is 6.01. The number of piperidine rings is 1. The van der Waals surface area contributed by atoms with Gasteiger partial charge in [0.15, 0.2) is 11.6 Å². The van der Waals surface area contributed by atoms with Crippen molar-refractivity contribution in [2.75, 3.05) is 25.1 Å². The Morgan fingerprint density at radius 2 is 1.74 bits per heavy atom. The number of methoxy groups -OCH3 is 1. The maximum absolute atomic E-state index is 13.1. The molecule has 6 aromatic heterocycles. The van der Waals surface area contributed by atoms with Crippen molar-refractivity contribution in [2.24, 2.45) is 21.1 Å². The molecule has 7 heterocycles. The third kappa shape index (κ3) is 3.97. The van der Waals surface area contributed by atoms with Gasteiger partial charge in [-0.2, -0.15) is 10.2 Å². The summed E-state index contributed by atoms with van der Waals surface area (Å²) >= 11 is 0. The molecule has 0 aromatic carbocycles. The van der Waals surface area contributed by atoms with E-state index in [0.717, 1.165) is 70.6 Å². The summed E-state index contributed by atoms with van der Waals surface area (Å²) < 4.78 is 12.8. The third-order valence-corrected chi connectivity index (χ3v) is 8.53. The Kier molecular flexibility index (Phi) is 6.07. The molecule has 12 nitrogen and oxygen atoms in total. The lowest BCUT2D eigenvalue weighted by Gasteiger charge is -2.33. The maximum Gasteiger partial charge on any atom is 0.328 e. The quantitative estimate of drug-likeness (QED) is 0.313. The SMILES string of the molecule is COc1ccncc1-c1cc2c(cnn2-c2cc3c(c(N4CCC(c5ccnn5C)CC4)n2)n(C)c(=O)n3C)c(C)n1. The van der Waals surface area contributed by atoms with Gasteiger partial charge in [-0.3, -0.25) is 23.8 Å². The lowest BCUT2D eigenvalue weighted by molar-refractivity contribution is 0.416. The summed E-state index contributed by atoms with van der Waals surface area (Å²) in [6, 6.07) is 7.86. The summed E-state index contributed by atoms with van der Waals surface area (Å²) in [6.45, 7) is 3.60. The minimum atomic E-state index is -0.0914. The fraction of sp³-hybridized carbons (Fsp3) is 0.333. The Balaban J connectivity index is 1.36. The second-order valence-corrected chi connectivity index (χ2v) is 10.9. The van der Waals surface area contributed by atoms with Crippen LogP contribution < -0.4 is 15.3 Å². The molecule has 6 aromatic rings. The summed E-state index contributed by atoms with van der Waals surface area (Å²) in [4.78, 5) is 29.7. The summed E-state index contributed by atoms with van der Waals surface area (Å²) in [6.07, 6.45) is 9.07. The minimum Gasteiger partial charge on any atom is -0.496 e. The van der Waals surface area contributed by atoms with Gasteiger partial charge in [-0.05, 0) is 38.0 Å². The molecule has 0 bridgehead atoms. The number of anilines is 1. The number of aromatic nitrogens is 9. The molecule has 0 radical (unpaired) electrons. The van der Waals surface area contributed by atoms with Gasteiger partial charge in [-0.1, -0.05) is 0 Å². The highest BCUT2D eigenvalue weighted by atomic mass is 16.5. The van der Waals surface area contributed by atoms with Gasteiger partial charge in [0.2, 0.25) is 0 Å². The zero-order chi connectivity index (χ0) is 29.1. The van der Waals surface area contributed by atoms with Crippen LogP contribution in [0, 0.1) is 6.92 Å². The first kappa shape index (κ1) is 25.9. The van der Waals surface area contributed by atoms with E-state index in [1.807, 2.05) is 61.0 Å². The van der Waals surface area contributed by atoms with Crippen molar-refractivity contribution in [3.8, 4) is 22.8 Å². The van der Waals surface area contributed by atoms with Gasteiger partial charge in [0.25, 0.3) is 0 Å². The highest BCUT2D eigenvalue weighted by Gasteiger charge is 2.27. The van der Waals surface area contributed by atoms with E-state index in [0.29, 0.717) is 17.5 Å². The van der Waals surface area contributed by atoms with Crippen molar-refractivity contribution < 1.29 is 4.74 Å². The number of ether oxygens (including phenoxy) is 1. The van der Waals surface area contributed by atoms with Gasteiger partial charge in [0.05, 0.1) is 35.6 Å². The molecule has 0 aliphatic carbocycles. The second-order valence-electron chi connectivity index (χ2n) is 10.9. The topological polar surface area (TPSA) is 114 Å². The molecule has 0 spiro atoms. The number of rotatable bonds is 5. The number of fused-ring (bicyclic) bond motifs is 2. The average molecular weight is 565 g/mol. The lowest BCUT2D eigenvalue weighted by Crippen LogP contribution is -2.34. The van der Waals surface area contributed by atoms with Gasteiger partial charge < -0.3 is 9.64 Å². The first-order chi connectivity index (χ1) is 20.4. The van der Waals surface area contributed by atoms with E-state index >= 15 is 0 Å². The summed E-state index contributed by atoms with van der Waals surface area (Å²) in [5, 5.41) is 10.0. The molecule has 1 aliphatic heterocycles. The Hall–Kier alpha value is -5.00. The highest BCUT2D eigenvalue weighted by molar-refractivity contribution is 5.91. The van der Waals surface area contributed by atoms with E-state index in [-0.39, 0.29) is 5.69 Å². The smallest absolute Gasteiger partial charge is 0.328 e. The monoisotopic (exact) mass is 564 g/mol. The summed E-state index contributed by atoms with van der Waals surface area (Å²) in [5.74, 6) is 2.55. The fourth-order valence-corrected chi connectivity index (χ4v) is 6.25. The van der Waals surface area contributed by atoms with Crippen LogP contribution in [0.5, 0.6) is 5.75 Å². The first-order valence-electron chi connectivity index (χ1n) is 14.0. The van der Waals surface area contributed by atoms with Crippen molar-refractivity contribution in [3.63, 3.8) is 0 Å². The van der Waals surface area contributed by atoms with Gasteiger partial charge in [-0.15, -0.1) is 0 Å². The largest absolute Gasteiger partial charge is 0.496 e. The zero-order valence-corrected chi connectivity index (χ0v) is 24.3. The summed E-state index contributed by atoms with van der Waals surface area (Å²) in [7, 11) is 7.25. The molecule has 0 unspecified atom stereocenters. The van der Waals surface area contributed by atoms with Crippen LogP contribution in [-0.4, -0.2) is 63.8 Å². The van der Waals surface area contributed by atoms with Gasteiger partial charge in [-0.25, -0.2) is 14.5 Å². The van der Waals surface area contributed by atoms with Gasteiger partial charge in [0.1, 0.15) is 11.3 Å². The van der Waals surface area contributed by atoms with Crippen LogP contribution >= 0.6 is 0 Å². The lowest BCUT2D eigenvalue weighted by atomic mass is 9.93. The normalized spacial score (nSPS) is 14.4. The van der Waals surface area contributed by atoms with E-state index in [9.17, 15) is 4.79 Å². The molecule has 1 saturated heterocycles. The average Bonchev–Trinajstić information content (AvgIpc) is 3.70. The van der Waals surface area contributed by atoms with Gasteiger partial charge >= 0.3 is 5.69 Å². The van der Waals surface area contributed by atoms with Crippen LogP contribution in [0.4, 0.5) is 5.82 Å². The van der Waals surface area contributed by atoms with Crippen molar-refractivity contribution in [1.29, 1.82) is 0 Å². The number of nitrogens with zero attached hydrogens (tertiary/aromatic N) is 10. The van der Waals surface area contributed by atoms with E-state index in [2.05, 4.69) is 21.0 Å². The number of pyridine rings is 3. The molecule has 0 saturated carbocycles. The Morgan fingerprint density at radius 3 is 2.48 bits per heavy atom. The van der Waals surface area contributed by atoms with Crippen LogP contribution in [0.3, 0.4) is 0 Å². The van der Waals surface area contributed by atoms with Crippen LogP contribution in [0.25, 0.3) is 39.0 Å². The molecule has 1 fully saturated rings. The molecule has 0 amide bonds. The Bertz CT molecular complexity index is 2020. The zero-order valence-electron chi connectivity index (χ0n) is 24.3. The first-order valence-corrected chi connectivity index (χ1v) is 14.0. The van der Waals surface area contributed by atoms with E-state index in [4.69, 9.17) is 19.8 Å². The molecule has 7 rings (SSSR count). The van der Waals surface area contributed by atoms with Crippen molar-refractivity contribution in [2.45, 2.75) is 25.7 Å². The Labute approximate surface area is 241 Å². The number of aryl methyl sites for hydroxylation is 4. The van der Waals surface area contributed by atoms with Crippen molar-refractivity contribution in [3.05, 3.63) is 70.9 Å². The fourth-order valence-electron chi connectivity index (χ4n) is 6.25. The Morgan fingerprint density at radius 1 is 0.929 bits per heavy atom. The van der Waals surface area contributed by atoms with Crippen LogP contribution in [0.2, 0.25) is 0 Å². The minimum absolute atomic E-state index is 0.0914. The molecular weight excluding hydrogens is 532 g/mol. The van der Waals surface area contributed by atoms with E-state index < -0.39 is 0 Å². The number of hydrogen-bond donors (Lipinski definition) is 0. The maximum atomic E-state index is 13.1. The molecule has 12 heteroatoms. The molecule has 0 atom stereocenters. The molecule has 0 N–H and O–H groups in total. The standard InChI is InChI=1S/C30H32N10O2/c1-18-20-17-33-40(24(20)14-22(34-18)21-16-31-10-7-26(21)42-5)27-15-25-28(37(3)30(41)36(25)2)29(35-27)39-12-8-19(9-13-39)23-6-11-32-38(23)4/h6-7,10-11,14-17,19H,8-9,12-13H2,1-5H3. The number of imidazole rings is 1. The molecular formula is C30H32N10O2. The molecule has 1 aliphatic rings. The van der Waals surface area contributed by atoms with Crippen LogP contribution in [-0.2, 0) is 21.1 Å². The second kappa shape index (κ2) is 9.82. The van der Waals surface area contributed by atoms with E-state index in [1.54, 1.807) is 35.7 Å². The van der Waals surface area contributed by atoms with Crippen molar-refractivity contribution in [1.82, 2.24) is 43.6 Å². The molecule has 42 heavy (non-hydrogen) atoms. The third-order valence-electron chi connectivity index (χ3n) is 8.53. The number of hydrogen-bond acceptors (Lipinski definition) is 8. The predicted octanol–water partition coefficient (Wildman–Crippen LogP) is 3.50. The van der Waals surface area contributed by atoms with E-state index in [1.165, 1.54) is 5.69 Å². The predicted molar refractivity (Wildman–Crippen MR) is 160 cm³/mol. The van der Waals surface area contributed by atoms with Crippen LogP contribution in [0.1, 0.15) is 30.1 Å². The van der Waals surface area contributed by atoms with Crippen LogP contribution in [0.15, 0.2) is 53.8 Å². The van der Waals surface area contributed by atoms with Gasteiger partial charge in [0, 0.05) is 81.6 Å².